The first kappa shape index (κ1) is 17.0. The van der Waals surface area contributed by atoms with E-state index in [0.717, 1.165) is 18.5 Å². The first-order valence-electron chi connectivity index (χ1n) is 8.01. The third-order valence-electron chi connectivity index (χ3n) is 3.85. The van der Waals surface area contributed by atoms with Crippen molar-refractivity contribution in [2.75, 3.05) is 24.7 Å². The summed E-state index contributed by atoms with van der Waals surface area (Å²) in [4.78, 5) is 14.2. The Labute approximate surface area is 137 Å². The average Bonchev–Trinajstić information content (AvgIpc) is 2.87. The number of nitrogens with one attached hydrogen (secondary N) is 1. The number of hydrogen-bond donors (Lipinski definition) is 1. The van der Waals surface area contributed by atoms with Crippen molar-refractivity contribution < 1.29 is 9.53 Å². The summed E-state index contributed by atoms with van der Waals surface area (Å²) in [5.74, 6) is -0.333. The van der Waals surface area contributed by atoms with Gasteiger partial charge in [-0.25, -0.2) is 0 Å². The van der Waals surface area contributed by atoms with Crippen molar-refractivity contribution in [2.24, 2.45) is 0 Å². The van der Waals surface area contributed by atoms with Crippen molar-refractivity contribution in [1.29, 1.82) is 5.26 Å². The highest BCUT2D eigenvalue weighted by atomic mass is 16.5. The largest absolute Gasteiger partial charge is 0.382 e. The highest BCUT2D eigenvalue weighted by Crippen LogP contribution is 2.32. The van der Waals surface area contributed by atoms with Gasteiger partial charge in [-0.05, 0) is 38.3 Å². The molecule has 0 saturated heterocycles. The molecule has 122 valence electrons. The van der Waals surface area contributed by atoms with E-state index in [1.165, 1.54) is 5.56 Å². The van der Waals surface area contributed by atoms with Crippen LogP contribution in [0.3, 0.4) is 0 Å². The zero-order valence-electron chi connectivity index (χ0n) is 13.7. The Morgan fingerprint density at radius 2 is 2.30 bits per heavy atom. The van der Waals surface area contributed by atoms with Crippen LogP contribution in [0.2, 0.25) is 0 Å². The van der Waals surface area contributed by atoms with Gasteiger partial charge in [0, 0.05) is 37.7 Å². The van der Waals surface area contributed by atoms with Gasteiger partial charge in [-0.15, -0.1) is 0 Å². The van der Waals surface area contributed by atoms with E-state index in [1.54, 1.807) is 6.20 Å². The monoisotopic (exact) mass is 313 g/mol. The Hall–Kier alpha value is -2.32. The van der Waals surface area contributed by atoms with E-state index in [9.17, 15) is 10.1 Å². The molecule has 23 heavy (non-hydrogen) atoms. The van der Waals surface area contributed by atoms with Gasteiger partial charge in [0.25, 0.3) is 5.91 Å². The molecule has 0 fully saturated rings. The third kappa shape index (κ3) is 4.33. The Kier molecular flexibility index (Phi) is 6.19. The number of benzene rings is 1. The summed E-state index contributed by atoms with van der Waals surface area (Å²) >= 11 is 0. The van der Waals surface area contributed by atoms with Gasteiger partial charge in [0.15, 0.2) is 0 Å². The fourth-order valence-corrected chi connectivity index (χ4v) is 2.68. The van der Waals surface area contributed by atoms with E-state index in [4.69, 9.17) is 4.74 Å². The third-order valence-corrected chi connectivity index (χ3v) is 3.85. The Balaban J connectivity index is 2.01. The first-order chi connectivity index (χ1) is 11.2. The second-order valence-electron chi connectivity index (χ2n) is 5.55. The van der Waals surface area contributed by atoms with E-state index in [2.05, 4.69) is 18.3 Å². The average molecular weight is 313 g/mol. The molecular weight excluding hydrogens is 290 g/mol. The highest BCUT2D eigenvalue weighted by Gasteiger charge is 2.25. The minimum atomic E-state index is -0.333. The van der Waals surface area contributed by atoms with E-state index in [-0.39, 0.29) is 17.5 Å². The van der Waals surface area contributed by atoms with E-state index in [1.807, 2.05) is 36.1 Å². The van der Waals surface area contributed by atoms with Gasteiger partial charge >= 0.3 is 0 Å². The number of anilines is 1. The summed E-state index contributed by atoms with van der Waals surface area (Å²) in [7, 11) is 0. The smallest absolute Gasteiger partial charge is 0.263 e. The Bertz CT molecular complexity index is 619. The normalized spacial score (nSPS) is 16.8. The first-order valence-corrected chi connectivity index (χ1v) is 8.01. The molecule has 0 bridgehead atoms. The summed E-state index contributed by atoms with van der Waals surface area (Å²) in [5, 5.41) is 12.1. The van der Waals surface area contributed by atoms with E-state index in [0.29, 0.717) is 19.8 Å². The van der Waals surface area contributed by atoms with Gasteiger partial charge in [0.1, 0.15) is 11.6 Å². The highest BCUT2D eigenvalue weighted by molar-refractivity contribution is 5.97. The lowest BCUT2D eigenvalue weighted by Crippen LogP contribution is -2.29. The van der Waals surface area contributed by atoms with Crippen molar-refractivity contribution >= 4 is 11.6 Å². The molecule has 5 nitrogen and oxygen atoms in total. The molecule has 0 saturated carbocycles. The van der Waals surface area contributed by atoms with Crippen LogP contribution in [-0.4, -0.2) is 31.7 Å². The molecule has 2 rings (SSSR count). The molecular formula is C18H23N3O2. The van der Waals surface area contributed by atoms with Crippen molar-refractivity contribution in [2.45, 2.75) is 32.7 Å². The van der Waals surface area contributed by atoms with E-state index >= 15 is 0 Å². The standard InChI is InChI=1S/C18H23N3O2/c1-3-23-10-6-9-20-18(22)16(12-19)13-21-14(2)11-15-7-4-5-8-17(15)21/h4-5,7-8,13-14H,3,6,9-11H2,1-2H3,(H,20,22)/b16-13-. The number of para-hydroxylation sites is 1. The van der Waals surface area contributed by atoms with Crippen molar-refractivity contribution in [3.8, 4) is 6.07 Å². The summed E-state index contributed by atoms with van der Waals surface area (Å²) in [6.45, 7) is 5.81. The quantitative estimate of drug-likeness (QED) is 0.477. The predicted molar refractivity (Wildman–Crippen MR) is 89.9 cm³/mol. The zero-order valence-corrected chi connectivity index (χ0v) is 13.7. The van der Waals surface area contributed by atoms with Crippen LogP contribution in [0.15, 0.2) is 36.0 Å². The molecule has 0 aliphatic carbocycles. The van der Waals surface area contributed by atoms with Gasteiger partial charge < -0.3 is 15.0 Å². The molecule has 0 aromatic heterocycles. The molecule has 1 aromatic rings. The van der Waals surface area contributed by atoms with Gasteiger partial charge in [0.05, 0.1) is 0 Å². The number of ether oxygens (including phenoxy) is 1. The van der Waals surface area contributed by atoms with Gasteiger partial charge in [-0.2, -0.15) is 5.26 Å². The van der Waals surface area contributed by atoms with Crippen LogP contribution in [0.25, 0.3) is 0 Å². The van der Waals surface area contributed by atoms with Gasteiger partial charge in [-0.1, -0.05) is 18.2 Å². The number of hydrogen-bond acceptors (Lipinski definition) is 4. The second-order valence-corrected chi connectivity index (χ2v) is 5.55. The maximum Gasteiger partial charge on any atom is 0.263 e. The zero-order chi connectivity index (χ0) is 16.7. The maximum absolute atomic E-state index is 12.1. The molecule has 1 heterocycles. The van der Waals surface area contributed by atoms with Crippen LogP contribution >= 0.6 is 0 Å². The van der Waals surface area contributed by atoms with Crippen LogP contribution < -0.4 is 10.2 Å². The second kappa shape index (κ2) is 8.35. The molecule has 0 spiro atoms. The molecule has 1 aliphatic heterocycles. The van der Waals surface area contributed by atoms with Crippen molar-refractivity contribution in [1.82, 2.24) is 5.32 Å². The van der Waals surface area contributed by atoms with Gasteiger partial charge in [-0.3, -0.25) is 4.79 Å². The number of fused-ring (bicyclic) bond motifs is 1. The molecule has 1 unspecified atom stereocenters. The molecule has 0 radical (unpaired) electrons. The number of carbonyl (C=O) groups excluding carboxylic acids is 1. The van der Waals surface area contributed by atoms with Crippen LogP contribution in [0.1, 0.15) is 25.8 Å². The van der Waals surface area contributed by atoms with Crippen LogP contribution in [0.4, 0.5) is 5.69 Å². The minimum absolute atomic E-state index is 0.130. The van der Waals surface area contributed by atoms with E-state index < -0.39 is 0 Å². The molecule has 1 N–H and O–H groups in total. The van der Waals surface area contributed by atoms with Gasteiger partial charge in [0.2, 0.25) is 0 Å². The van der Waals surface area contributed by atoms with Crippen LogP contribution in [-0.2, 0) is 16.0 Å². The summed E-state index contributed by atoms with van der Waals surface area (Å²) in [6.07, 6.45) is 3.32. The summed E-state index contributed by atoms with van der Waals surface area (Å²) in [6, 6.07) is 10.3. The lowest BCUT2D eigenvalue weighted by molar-refractivity contribution is -0.117. The number of nitrogens with zero attached hydrogens (tertiary/aromatic N) is 2. The predicted octanol–water partition coefficient (Wildman–Crippen LogP) is 2.39. The number of amides is 1. The Morgan fingerprint density at radius 1 is 1.52 bits per heavy atom. The maximum atomic E-state index is 12.1. The van der Waals surface area contributed by atoms with Crippen molar-refractivity contribution in [3.63, 3.8) is 0 Å². The fraction of sp³-hybridized carbons (Fsp3) is 0.444. The number of carbonyl (C=O) groups is 1. The molecule has 5 heteroatoms. The molecule has 1 atom stereocenters. The lowest BCUT2D eigenvalue weighted by Gasteiger charge is -2.20. The summed E-state index contributed by atoms with van der Waals surface area (Å²) < 4.78 is 5.22. The Morgan fingerprint density at radius 3 is 3.04 bits per heavy atom. The fourth-order valence-electron chi connectivity index (χ4n) is 2.68. The molecule has 1 aromatic carbocycles. The lowest BCUT2D eigenvalue weighted by atomic mass is 10.1. The topological polar surface area (TPSA) is 65.4 Å². The molecule has 1 amide bonds. The van der Waals surface area contributed by atoms with Crippen molar-refractivity contribution in [3.05, 3.63) is 41.6 Å². The summed E-state index contributed by atoms with van der Waals surface area (Å²) in [5.41, 5.74) is 2.44. The number of nitriles is 1. The minimum Gasteiger partial charge on any atom is -0.382 e. The SMILES string of the molecule is CCOCCCNC(=O)/C(C#N)=C\N1c2ccccc2CC1C. The van der Waals surface area contributed by atoms with Crippen LogP contribution in [0, 0.1) is 11.3 Å². The number of rotatable bonds is 7. The van der Waals surface area contributed by atoms with Crippen LogP contribution in [0.5, 0.6) is 0 Å². The molecule has 1 aliphatic rings.